The first-order valence-electron chi connectivity index (χ1n) is 6.68. The van der Waals surface area contributed by atoms with Crippen LogP contribution >= 0.6 is 0 Å². The van der Waals surface area contributed by atoms with Gasteiger partial charge in [-0.15, -0.1) is 0 Å². The first-order chi connectivity index (χ1) is 9.35. The number of hydrogen-bond acceptors (Lipinski definition) is 3. The molecule has 0 aliphatic heterocycles. The van der Waals surface area contributed by atoms with Gasteiger partial charge in [-0.3, -0.25) is 4.68 Å². The predicted molar refractivity (Wildman–Crippen MR) is 76.3 cm³/mol. The van der Waals surface area contributed by atoms with Gasteiger partial charge in [-0.1, -0.05) is 18.2 Å². The molecule has 0 saturated heterocycles. The van der Waals surface area contributed by atoms with Gasteiger partial charge in [0.25, 0.3) is 0 Å². The summed E-state index contributed by atoms with van der Waals surface area (Å²) in [5.74, 6) is 0.961. The highest BCUT2D eigenvalue weighted by Crippen LogP contribution is 2.17. The molecule has 0 atom stereocenters. The average molecular weight is 259 g/mol. The summed E-state index contributed by atoms with van der Waals surface area (Å²) in [6, 6.07) is 10.2. The Balaban J connectivity index is 1.81. The van der Waals surface area contributed by atoms with Gasteiger partial charge in [-0.25, -0.2) is 0 Å². The number of benzene rings is 1. The molecule has 1 heterocycles. The molecule has 102 valence electrons. The molecule has 0 spiro atoms. The Morgan fingerprint density at radius 2 is 2.11 bits per heavy atom. The summed E-state index contributed by atoms with van der Waals surface area (Å²) in [7, 11) is 1.71. The van der Waals surface area contributed by atoms with Crippen LogP contribution in [0.15, 0.2) is 36.5 Å². The lowest BCUT2D eigenvalue weighted by atomic mass is 10.1. The minimum atomic E-state index is 0.850. The summed E-state index contributed by atoms with van der Waals surface area (Å²) in [6.07, 6.45) is 2.81. The molecule has 2 rings (SSSR count). The summed E-state index contributed by atoms with van der Waals surface area (Å²) in [6.45, 7) is 4.79. The van der Waals surface area contributed by atoms with E-state index >= 15 is 0 Å². The summed E-state index contributed by atoms with van der Waals surface area (Å²) >= 11 is 0. The Hall–Kier alpha value is -1.81. The summed E-state index contributed by atoms with van der Waals surface area (Å²) < 4.78 is 7.35. The van der Waals surface area contributed by atoms with Crippen molar-refractivity contribution in [3.05, 3.63) is 47.8 Å². The Morgan fingerprint density at radius 3 is 2.89 bits per heavy atom. The molecule has 0 unspecified atom stereocenters. The van der Waals surface area contributed by atoms with Gasteiger partial charge in [0.1, 0.15) is 5.75 Å². The number of ether oxygens (including phenoxy) is 1. The lowest BCUT2D eigenvalue weighted by Gasteiger charge is -2.09. The number of nitrogens with one attached hydrogen (secondary N) is 1. The Labute approximate surface area is 114 Å². The second-order valence-electron chi connectivity index (χ2n) is 4.38. The van der Waals surface area contributed by atoms with Crippen molar-refractivity contribution in [1.82, 2.24) is 15.1 Å². The molecule has 0 saturated carbocycles. The Morgan fingerprint density at radius 1 is 1.26 bits per heavy atom. The van der Waals surface area contributed by atoms with Gasteiger partial charge in [-0.05, 0) is 37.6 Å². The first-order valence-corrected chi connectivity index (χ1v) is 6.68. The van der Waals surface area contributed by atoms with Gasteiger partial charge in [-0.2, -0.15) is 5.10 Å². The van der Waals surface area contributed by atoms with E-state index in [1.165, 1.54) is 11.3 Å². The fourth-order valence-corrected chi connectivity index (χ4v) is 2.14. The third-order valence-electron chi connectivity index (χ3n) is 3.17. The molecule has 1 aromatic carbocycles. The van der Waals surface area contributed by atoms with E-state index in [0.29, 0.717) is 0 Å². The van der Waals surface area contributed by atoms with Crippen LogP contribution in [0.1, 0.15) is 18.2 Å². The number of hydrogen-bond donors (Lipinski definition) is 1. The van der Waals surface area contributed by atoms with Crippen LogP contribution in [0.4, 0.5) is 0 Å². The van der Waals surface area contributed by atoms with E-state index < -0.39 is 0 Å². The lowest BCUT2D eigenvalue weighted by Crippen LogP contribution is -2.19. The van der Waals surface area contributed by atoms with E-state index in [1.54, 1.807) is 7.11 Å². The molecule has 0 bridgehead atoms. The number of rotatable bonds is 7. The predicted octanol–water partition coefficient (Wildman–Crippen LogP) is 2.24. The molecule has 0 aliphatic rings. The highest BCUT2D eigenvalue weighted by Gasteiger charge is 2.02. The van der Waals surface area contributed by atoms with Crippen LogP contribution in [0.25, 0.3) is 0 Å². The minimum Gasteiger partial charge on any atom is -0.496 e. The van der Waals surface area contributed by atoms with Crippen molar-refractivity contribution in [2.24, 2.45) is 0 Å². The molecular formula is C15H21N3O. The zero-order valence-corrected chi connectivity index (χ0v) is 11.6. The second-order valence-corrected chi connectivity index (χ2v) is 4.38. The van der Waals surface area contributed by atoms with Crippen molar-refractivity contribution in [1.29, 1.82) is 0 Å². The smallest absolute Gasteiger partial charge is 0.122 e. The first kappa shape index (κ1) is 13.6. The molecule has 0 radical (unpaired) electrons. The largest absolute Gasteiger partial charge is 0.496 e. The molecule has 4 nitrogen and oxygen atoms in total. The van der Waals surface area contributed by atoms with Crippen molar-refractivity contribution >= 4 is 0 Å². The molecule has 1 aromatic heterocycles. The molecule has 19 heavy (non-hydrogen) atoms. The maximum Gasteiger partial charge on any atom is 0.122 e. The molecular weight excluding hydrogens is 238 g/mol. The third-order valence-corrected chi connectivity index (χ3v) is 3.17. The van der Waals surface area contributed by atoms with E-state index in [2.05, 4.69) is 29.5 Å². The highest BCUT2D eigenvalue weighted by atomic mass is 16.5. The van der Waals surface area contributed by atoms with Crippen molar-refractivity contribution in [2.45, 2.75) is 26.4 Å². The van der Waals surface area contributed by atoms with Crippen LogP contribution in [0, 0.1) is 0 Å². The number of aryl methyl sites for hydroxylation is 1. The quantitative estimate of drug-likeness (QED) is 0.775. The summed E-state index contributed by atoms with van der Waals surface area (Å²) in [4.78, 5) is 0. The molecule has 0 fully saturated rings. The maximum atomic E-state index is 5.34. The molecule has 4 heteroatoms. The van der Waals surface area contributed by atoms with Gasteiger partial charge >= 0.3 is 0 Å². The van der Waals surface area contributed by atoms with Crippen molar-refractivity contribution in [3.8, 4) is 5.75 Å². The van der Waals surface area contributed by atoms with Crippen LogP contribution in [0.3, 0.4) is 0 Å². The lowest BCUT2D eigenvalue weighted by molar-refractivity contribution is 0.409. The Kier molecular flexibility index (Phi) is 4.98. The molecule has 0 aliphatic carbocycles. The molecule has 2 aromatic rings. The summed E-state index contributed by atoms with van der Waals surface area (Å²) in [5, 5.41) is 7.70. The van der Waals surface area contributed by atoms with Gasteiger partial charge in [0.05, 0.1) is 12.8 Å². The Bertz CT molecular complexity index is 508. The SMILES string of the molecule is CCn1nccc1CNCCc1ccccc1OC. The number of nitrogens with zero attached hydrogens (tertiary/aromatic N) is 2. The summed E-state index contributed by atoms with van der Waals surface area (Å²) in [5.41, 5.74) is 2.46. The van der Waals surface area contributed by atoms with Crippen LogP contribution in [0.5, 0.6) is 5.75 Å². The highest BCUT2D eigenvalue weighted by molar-refractivity contribution is 5.33. The van der Waals surface area contributed by atoms with E-state index in [-0.39, 0.29) is 0 Å². The number of methoxy groups -OCH3 is 1. The van der Waals surface area contributed by atoms with Gasteiger partial charge in [0, 0.05) is 19.3 Å². The van der Waals surface area contributed by atoms with Gasteiger partial charge in [0.2, 0.25) is 0 Å². The van der Waals surface area contributed by atoms with Crippen LogP contribution in [-0.2, 0) is 19.5 Å². The van der Waals surface area contributed by atoms with Crippen LogP contribution < -0.4 is 10.1 Å². The maximum absolute atomic E-state index is 5.34. The third kappa shape index (κ3) is 3.58. The fourth-order valence-electron chi connectivity index (χ4n) is 2.14. The second kappa shape index (κ2) is 6.95. The van der Waals surface area contributed by atoms with Gasteiger partial charge < -0.3 is 10.1 Å². The van der Waals surface area contributed by atoms with Crippen molar-refractivity contribution in [3.63, 3.8) is 0 Å². The van der Waals surface area contributed by atoms with Crippen molar-refractivity contribution < 1.29 is 4.74 Å². The number of para-hydroxylation sites is 1. The van der Waals surface area contributed by atoms with Gasteiger partial charge in [0.15, 0.2) is 0 Å². The van der Waals surface area contributed by atoms with E-state index in [4.69, 9.17) is 4.74 Å². The van der Waals surface area contributed by atoms with E-state index in [0.717, 1.165) is 31.8 Å². The molecule has 0 amide bonds. The average Bonchev–Trinajstić information content (AvgIpc) is 2.91. The standard InChI is InChI=1S/C15H21N3O/c1-3-18-14(9-11-17-18)12-16-10-8-13-6-4-5-7-15(13)19-2/h4-7,9,11,16H,3,8,10,12H2,1-2H3. The number of aromatic nitrogens is 2. The molecule has 1 N–H and O–H groups in total. The van der Waals surface area contributed by atoms with Crippen LogP contribution in [0.2, 0.25) is 0 Å². The van der Waals surface area contributed by atoms with E-state index in [9.17, 15) is 0 Å². The fraction of sp³-hybridized carbons (Fsp3) is 0.400. The van der Waals surface area contributed by atoms with Crippen LogP contribution in [-0.4, -0.2) is 23.4 Å². The minimum absolute atomic E-state index is 0.850. The topological polar surface area (TPSA) is 39.1 Å². The zero-order chi connectivity index (χ0) is 13.5. The van der Waals surface area contributed by atoms with Crippen molar-refractivity contribution in [2.75, 3.05) is 13.7 Å². The zero-order valence-electron chi connectivity index (χ0n) is 11.6. The monoisotopic (exact) mass is 259 g/mol. The van der Waals surface area contributed by atoms with E-state index in [1.807, 2.05) is 29.1 Å². The normalized spacial score (nSPS) is 10.6.